The lowest BCUT2D eigenvalue weighted by atomic mass is 9.98. The van der Waals surface area contributed by atoms with Gasteiger partial charge in [0.15, 0.2) is 5.69 Å². The molecule has 0 spiro atoms. The average Bonchev–Trinajstić information content (AvgIpc) is 3.26. The molecule has 3 amide bonds. The summed E-state index contributed by atoms with van der Waals surface area (Å²) in [6.07, 6.45) is 4.33. The van der Waals surface area contributed by atoms with Gasteiger partial charge in [0.2, 0.25) is 0 Å². The molecule has 3 aromatic rings. The predicted molar refractivity (Wildman–Crippen MR) is 126 cm³/mol. The van der Waals surface area contributed by atoms with Crippen LogP contribution < -0.4 is 21.1 Å². The lowest BCUT2D eigenvalue weighted by Gasteiger charge is -2.36. The number of anilines is 1. The van der Waals surface area contributed by atoms with Crippen LogP contribution in [0.3, 0.4) is 0 Å². The van der Waals surface area contributed by atoms with E-state index in [0.717, 1.165) is 23.7 Å². The summed E-state index contributed by atoms with van der Waals surface area (Å²) < 4.78 is 7.08. The predicted octanol–water partition coefficient (Wildman–Crippen LogP) is 2.88. The second-order valence-electron chi connectivity index (χ2n) is 8.88. The lowest BCUT2D eigenvalue weighted by Crippen LogP contribution is -2.48. The molecule has 4 N–H and O–H groups in total. The largest absolute Gasteiger partial charge is 0.497 e. The summed E-state index contributed by atoms with van der Waals surface area (Å²) in [5.74, 6) is 0.362. The number of carbonyl (C=O) groups is 2. The zero-order valence-corrected chi connectivity index (χ0v) is 18.7. The number of nitrogens with zero attached hydrogens (tertiary/aromatic N) is 3. The molecule has 2 aliphatic rings. The van der Waals surface area contributed by atoms with Gasteiger partial charge in [-0.05, 0) is 44.9 Å². The van der Waals surface area contributed by atoms with Crippen LogP contribution >= 0.6 is 0 Å². The van der Waals surface area contributed by atoms with Crippen LogP contribution in [-0.4, -0.2) is 58.9 Å². The van der Waals surface area contributed by atoms with Crippen LogP contribution in [0.15, 0.2) is 42.5 Å². The maximum Gasteiger partial charge on any atom is 0.316 e. The number of piperidine rings is 1. The molecular formula is C24H28N6O3. The number of carbonyl (C=O) groups excluding carboxylic acids is 2. The highest BCUT2D eigenvalue weighted by molar-refractivity contribution is 6.05. The number of methoxy groups -OCH3 is 1. The molecular weight excluding hydrogens is 420 g/mol. The summed E-state index contributed by atoms with van der Waals surface area (Å²) in [4.78, 5) is 27.1. The highest BCUT2D eigenvalue weighted by Gasteiger charge is 2.39. The fraction of sp³-hybridized carbons (Fsp3) is 0.375. The Hall–Kier alpha value is -3.59. The number of urea groups is 1. The number of hydrogen-bond donors (Lipinski definition) is 3. The van der Waals surface area contributed by atoms with Crippen molar-refractivity contribution in [2.45, 2.75) is 43.8 Å². The van der Waals surface area contributed by atoms with Gasteiger partial charge < -0.3 is 26.0 Å². The van der Waals surface area contributed by atoms with Crippen LogP contribution in [0.2, 0.25) is 0 Å². The molecule has 0 aliphatic carbocycles. The Bertz CT molecular complexity index is 1210. The van der Waals surface area contributed by atoms with Crippen molar-refractivity contribution in [2.24, 2.45) is 5.73 Å². The molecule has 2 fully saturated rings. The van der Waals surface area contributed by atoms with Crippen LogP contribution in [0, 0.1) is 0 Å². The number of aromatic nitrogens is 2. The van der Waals surface area contributed by atoms with Gasteiger partial charge >= 0.3 is 6.03 Å². The van der Waals surface area contributed by atoms with Gasteiger partial charge in [0.25, 0.3) is 5.91 Å². The molecule has 3 heterocycles. The standard InChI is InChI=1S/C24H28N6O3/c1-29-16-7-8-17(29)10-14(9-16)26-23(31)22-20-5-3-4-6-21(20)30(28-22)18-11-15(27-24(25)32)12-19(13-18)33-2/h3-6,11-14,16-17H,7-10H2,1-2H3,(H,26,31)(H3,25,27,32). The second-order valence-corrected chi connectivity index (χ2v) is 8.88. The van der Waals surface area contributed by atoms with Crippen molar-refractivity contribution in [1.29, 1.82) is 0 Å². The minimum Gasteiger partial charge on any atom is -0.497 e. The van der Waals surface area contributed by atoms with Gasteiger partial charge in [-0.15, -0.1) is 0 Å². The summed E-state index contributed by atoms with van der Waals surface area (Å²) in [5.41, 5.74) is 7.57. The molecule has 2 saturated heterocycles. The van der Waals surface area contributed by atoms with Gasteiger partial charge in [0, 0.05) is 41.3 Å². The molecule has 2 atom stereocenters. The number of benzene rings is 2. The van der Waals surface area contributed by atoms with Gasteiger partial charge in [-0.3, -0.25) is 4.79 Å². The Morgan fingerprint density at radius 1 is 1.12 bits per heavy atom. The van der Waals surface area contributed by atoms with Gasteiger partial charge in [0.1, 0.15) is 5.75 Å². The molecule has 0 saturated carbocycles. The smallest absolute Gasteiger partial charge is 0.316 e. The van der Waals surface area contributed by atoms with Crippen molar-refractivity contribution < 1.29 is 14.3 Å². The van der Waals surface area contributed by atoms with Gasteiger partial charge in [-0.1, -0.05) is 18.2 Å². The van der Waals surface area contributed by atoms with E-state index in [1.54, 1.807) is 30.0 Å². The zero-order valence-electron chi connectivity index (χ0n) is 18.7. The first kappa shape index (κ1) is 21.3. The van der Waals surface area contributed by atoms with Gasteiger partial charge in [-0.2, -0.15) is 5.10 Å². The van der Waals surface area contributed by atoms with Crippen molar-refractivity contribution in [3.63, 3.8) is 0 Å². The van der Waals surface area contributed by atoms with E-state index < -0.39 is 6.03 Å². The number of ether oxygens (including phenoxy) is 1. The number of nitrogens with two attached hydrogens (primary N) is 1. The Balaban J connectivity index is 1.49. The molecule has 172 valence electrons. The fourth-order valence-electron chi connectivity index (χ4n) is 5.25. The molecule has 5 rings (SSSR count). The first-order valence-corrected chi connectivity index (χ1v) is 11.2. The summed E-state index contributed by atoms with van der Waals surface area (Å²) in [6.45, 7) is 0. The summed E-state index contributed by atoms with van der Waals surface area (Å²) in [5, 5.41) is 11.3. The molecule has 1 aromatic heterocycles. The van der Waals surface area contributed by atoms with Crippen molar-refractivity contribution in [3.05, 3.63) is 48.2 Å². The van der Waals surface area contributed by atoms with E-state index >= 15 is 0 Å². The van der Waals surface area contributed by atoms with Gasteiger partial charge in [-0.25, -0.2) is 9.48 Å². The lowest BCUT2D eigenvalue weighted by molar-refractivity contribution is 0.0878. The Morgan fingerprint density at radius 2 is 1.85 bits per heavy atom. The third kappa shape index (κ3) is 4.00. The minimum absolute atomic E-state index is 0.151. The third-order valence-corrected chi connectivity index (χ3v) is 6.87. The van der Waals surface area contributed by atoms with Crippen LogP contribution in [-0.2, 0) is 0 Å². The summed E-state index contributed by atoms with van der Waals surface area (Å²) in [7, 11) is 3.73. The normalized spacial score (nSPS) is 22.3. The number of rotatable bonds is 5. The highest BCUT2D eigenvalue weighted by atomic mass is 16.5. The minimum atomic E-state index is -0.674. The van der Waals surface area contributed by atoms with E-state index in [-0.39, 0.29) is 11.9 Å². The fourth-order valence-corrected chi connectivity index (χ4v) is 5.25. The van der Waals surface area contributed by atoms with Crippen molar-refractivity contribution in [1.82, 2.24) is 20.0 Å². The Labute approximate surface area is 191 Å². The number of fused-ring (bicyclic) bond motifs is 3. The van der Waals surface area contributed by atoms with Crippen LogP contribution in [0.5, 0.6) is 5.75 Å². The summed E-state index contributed by atoms with van der Waals surface area (Å²) in [6, 6.07) is 13.4. The van der Waals surface area contributed by atoms with E-state index in [2.05, 4.69) is 27.7 Å². The topological polar surface area (TPSA) is 115 Å². The molecule has 2 bridgehead atoms. The van der Waals surface area contributed by atoms with E-state index in [1.807, 2.05) is 24.3 Å². The molecule has 9 nitrogen and oxygen atoms in total. The van der Waals surface area contributed by atoms with E-state index in [1.165, 1.54) is 12.8 Å². The van der Waals surface area contributed by atoms with E-state index in [0.29, 0.717) is 34.9 Å². The second kappa shape index (κ2) is 8.40. The average molecular weight is 449 g/mol. The molecule has 2 aromatic carbocycles. The molecule has 33 heavy (non-hydrogen) atoms. The van der Waals surface area contributed by atoms with Crippen LogP contribution in [0.1, 0.15) is 36.2 Å². The maximum atomic E-state index is 13.3. The molecule has 0 radical (unpaired) electrons. The SMILES string of the molecule is COc1cc(NC(N)=O)cc(-n2nc(C(=O)NC3CC4CCC(C3)N4C)c3ccccc32)c1. The zero-order chi connectivity index (χ0) is 23.1. The van der Waals surface area contributed by atoms with E-state index in [9.17, 15) is 9.59 Å². The number of nitrogens with one attached hydrogen (secondary N) is 2. The number of primary amides is 1. The Morgan fingerprint density at radius 3 is 2.55 bits per heavy atom. The molecule has 2 aliphatic heterocycles. The molecule has 9 heteroatoms. The first-order valence-electron chi connectivity index (χ1n) is 11.2. The highest BCUT2D eigenvalue weighted by Crippen LogP contribution is 2.34. The third-order valence-electron chi connectivity index (χ3n) is 6.87. The van der Waals surface area contributed by atoms with Crippen molar-refractivity contribution >= 4 is 28.5 Å². The number of amides is 3. The van der Waals surface area contributed by atoms with Gasteiger partial charge in [0.05, 0.1) is 18.3 Å². The van der Waals surface area contributed by atoms with Crippen LogP contribution in [0.25, 0.3) is 16.6 Å². The summed E-state index contributed by atoms with van der Waals surface area (Å²) >= 11 is 0. The Kier molecular flexibility index (Phi) is 5.41. The van der Waals surface area contributed by atoms with Crippen molar-refractivity contribution in [2.75, 3.05) is 19.5 Å². The quantitative estimate of drug-likeness (QED) is 0.555. The van der Waals surface area contributed by atoms with Crippen LogP contribution in [0.4, 0.5) is 10.5 Å². The van der Waals surface area contributed by atoms with Crippen molar-refractivity contribution in [3.8, 4) is 11.4 Å². The first-order chi connectivity index (χ1) is 15.9. The van der Waals surface area contributed by atoms with E-state index in [4.69, 9.17) is 10.5 Å². The maximum absolute atomic E-state index is 13.3. The number of hydrogen-bond acceptors (Lipinski definition) is 5. The monoisotopic (exact) mass is 448 g/mol. The molecule has 2 unspecified atom stereocenters. The number of para-hydroxylation sites is 1.